The molecule has 2 aromatic carbocycles. The van der Waals surface area contributed by atoms with Gasteiger partial charge in [0, 0.05) is 0 Å². The molecule has 0 saturated carbocycles. The lowest BCUT2D eigenvalue weighted by molar-refractivity contribution is -0.0419. The van der Waals surface area contributed by atoms with E-state index in [4.69, 9.17) is 14.2 Å². The SMILES string of the molecule is CCCCCCCC=CCCCCCc1cccc(C(OC(c2cccc(CCCCCC=CCCCCCCC)c2)C2CO2)C2CO2)c1. The van der Waals surface area contributed by atoms with E-state index in [1.807, 2.05) is 0 Å². The highest BCUT2D eigenvalue weighted by Gasteiger charge is 2.42. The summed E-state index contributed by atoms with van der Waals surface area (Å²) in [5.41, 5.74) is 5.31. The fourth-order valence-corrected chi connectivity index (χ4v) is 6.97. The highest BCUT2D eigenvalue weighted by Crippen LogP contribution is 2.40. The van der Waals surface area contributed by atoms with E-state index in [9.17, 15) is 0 Å². The Morgan fingerprint density at radius 3 is 1.27 bits per heavy atom. The maximum absolute atomic E-state index is 6.95. The van der Waals surface area contributed by atoms with Gasteiger partial charge in [-0.05, 0) is 99.3 Å². The monoisotopic (exact) mass is 671 g/mol. The highest BCUT2D eigenvalue weighted by atomic mass is 16.6. The number of aryl methyl sites for hydroxylation is 2. The molecule has 3 heteroatoms. The Bertz CT molecular complexity index is 1080. The molecule has 0 spiro atoms. The van der Waals surface area contributed by atoms with Crippen molar-refractivity contribution in [1.29, 1.82) is 0 Å². The summed E-state index contributed by atoms with van der Waals surface area (Å²) >= 11 is 0. The lowest BCUT2D eigenvalue weighted by atomic mass is 9.98. The third-order valence-electron chi connectivity index (χ3n) is 10.2. The fourth-order valence-electron chi connectivity index (χ4n) is 6.97. The molecule has 0 radical (unpaired) electrons. The summed E-state index contributed by atoms with van der Waals surface area (Å²) in [5, 5.41) is 0. The maximum Gasteiger partial charge on any atom is 0.112 e. The number of epoxide rings is 2. The third kappa shape index (κ3) is 17.0. The van der Waals surface area contributed by atoms with Gasteiger partial charge in [-0.15, -0.1) is 0 Å². The predicted octanol–water partition coefficient (Wildman–Crippen LogP) is 13.3. The number of benzene rings is 2. The van der Waals surface area contributed by atoms with Crippen LogP contribution in [0, 0.1) is 0 Å². The van der Waals surface area contributed by atoms with Crippen molar-refractivity contribution in [1.82, 2.24) is 0 Å². The lowest BCUT2D eigenvalue weighted by Crippen LogP contribution is -2.19. The smallest absolute Gasteiger partial charge is 0.112 e. The number of hydrogen-bond donors (Lipinski definition) is 0. The summed E-state index contributed by atoms with van der Waals surface area (Å²) in [6.07, 6.45) is 38.2. The first-order valence-corrected chi connectivity index (χ1v) is 20.6. The van der Waals surface area contributed by atoms with Gasteiger partial charge in [0.25, 0.3) is 0 Å². The average Bonchev–Trinajstić information content (AvgIpc) is 4.06. The predicted molar refractivity (Wildman–Crippen MR) is 208 cm³/mol. The molecule has 2 saturated heterocycles. The van der Waals surface area contributed by atoms with E-state index in [0.29, 0.717) is 0 Å². The van der Waals surface area contributed by atoms with Crippen LogP contribution in [0.15, 0.2) is 72.8 Å². The molecule has 4 unspecified atom stereocenters. The Morgan fingerprint density at radius 2 is 0.898 bits per heavy atom. The van der Waals surface area contributed by atoms with Gasteiger partial charge in [0.2, 0.25) is 0 Å². The van der Waals surface area contributed by atoms with E-state index < -0.39 is 0 Å². The molecule has 4 atom stereocenters. The van der Waals surface area contributed by atoms with E-state index in [1.54, 1.807) is 0 Å². The fraction of sp³-hybridized carbons (Fsp3) is 0.652. The van der Waals surface area contributed by atoms with Gasteiger partial charge >= 0.3 is 0 Å². The summed E-state index contributed by atoms with van der Waals surface area (Å²) in [4.78, 5) is 0. The van der Waals surface area contributed by atoms with Crippen molar-refractivity contribution in [2.75, 3.05) is 13.2 Å². The first-order chi connectivity index (χ1) is 24.3. The van der Waals surface area contributed by atoms with Crippen LogP contribution in [0.25, 0.3) is 0 Å². The molecule has 49 heavy (non-hydrogen) atoms. The van der Waals surface area contributed by atoms with Crippen molar-refractivity contribution in [2.24, 2.45) is 0 Å². The van der Waals surface area contributed by atoms with E-state index in [2.05, 4.69) is 86.7 Å². The van der Waals surface area contributed by atoms with Gasteiger partial charge in [0.05, 0.1) is 13.2 Å². The minimum absolute atomic E-state index is 0.0608. The third-order valence-corrected chi connectivity index (χ3v) is 10.2. The van der Waals surface area contributed by atoms with Crippen LogP contribution in [-0.2, 0) is 27.1 Å². The largest absolute Gasteiger partial charge is 0.370 e. The minimum Gasteiger partial charge on any atom is -0.370 e. The molecular weight excluding hydrogens is 601 g/mol. The van der Waals surface area contributed by atoms with E-state index in [0.717, 1.165) is 26.1 Å². The molecule has 272 valence electrons. The Labute approximate surface area is 301 Å². The second-order valence-electron chi connectivity index (χ2n) is 14.8. The summed E-state index contributed by atoms with van der Waals surface area (Å²) in [6.45, 7) is 6.11. The lowest BCUT2D eigenvalue weighted by Gasteiger charge is -2.24. The Hall–Kier alpha value is -2.20. The van der Waals surface area contributed by atoms with Crippen molar-refractivity contribution in [2.45, 2.75) is 180 Å². The van der Waals surface area contributed by atoms with Gasteiger partial charge in [0.15, 0.2) is 0 Å². The topological polar surface area (TPSA) is 34.3 Å². The van der Waals surface area contributed by atoms with Gasteiger partial charge in [-0.1, -0.05) is 151 Å². The quantitative estimate of drug-likeness (QED) is 0.0471. The van der Waals surface area contributed by atoms with Crippen LogP contribution in [-0.4, -0.2) is 25.4 Å². The number of rotatable bonds is 30. The van der Waals surface area contributed by atoms with E-state index in [-0.39, 0.29) is 24.4 Å². The van der Waals surface area contributed by atoms with Crippen LogP contribution < -0.4 is 0 Å². The van der Waals surface area contributed by atoms with Crippen molar-refractivity contribution in [3.63, 3.8) is 0 Å². The van der Waals surface area contributed by atoms with Crippen molar-refractivity contribution in [3.8, 4) is 0 Å². The molecule has 2 heterocycles. The van der Waals surface area contributed by atoms with Crippen molar-refractivity contribution >= 4 is 0 Å². The average molecular weight is 671 g/mol. The first-order valence-electron chi connectivity index (χ1n) is 20.6. The standard InChI is InChI=1S/C46H70O3/c1-3-5-7-9-11-13-15-17-19-21-23-25-29-39-31-27-33-41(35-39)45(43-37-47-43)49-46(44-38-48-44)42-34-28-32-40(36-42)30-26-24-22-20-18-16-14-12-10-8-6-4-2/h15-18,27-28,31-36,43-46H,3-14,19-26,29-30,37-38H2,1-2H3. The molecule has 3 nitrogen and oxygen atoms in total. The van der Waals surface area contributed by atoms with Gasteiger partial charge in [-0.25, -0.2) is 0 Å². The van der Waals surface area contributed by atoms with E-state index >= 15 is 0 Å². The number of unbranched alkanes of at least 4 members (excludes halogenated alkanes) is 16. The maximum atomic E-state index is 6.95. The zero-order valence-electron chi connectivity index (χ0n) is 31.4. The van der Waals surface area contributed by atoms with Crippen LogP contribution in [0.4, 0.5) is 0 Å². The summed E-state index contributed by atoms with van der Waals surface area (Å²) < 4.78 is 18.7. The number of hydrogen-bond acceptors (Lipinski definition) is 3. The molecule has 0 aliphatic carbocycles. The summed E-state index contributed by atoms with van der Waals surface area (Å²) in [7, 11) is 0. The van der Waals surface area contributed by atoms with E-state index in [1.165, 1.54) is 151 Å². The Balaban J connectivity index is 1.18. The van der Waals surface area contributed by atoms with Gasteiger partial charge in [0.1, 0.15) is 24.4 Å². The highest BCUT2D eigenvalue weighted by molar-refractivity contribution is 5.29. The molecule has 4 rings (SSSR count). The zero-order chi connectivity index (χ0) is 34.2. The molecule has 0 N–H and O–H groups in total. The van der Waals surface area contributed by atoms with Crippen molar-refractivity contribution in [3.05, 3.63) is 95.1 Å². The molecule has 2 aromatic rings. The zero-order valence-corrected chi connectivity index (χ0v) is 31.4. The van der Waals surface area contributed by atoms with Gasteiger partial charge in [-0.3, -0.25) is 0 Å². The molecule has 0 aromatic heterocycles. The van der Waals surface area contributed by atoms with Crippen LogP contribution in [0.5, 0.6) is 0 Å². The number of allylic oxidation sites excluding steroid dienone is 4. The first kappa shape index (κ1) is 39.6. The van der Waals surface area contributed by atoms with Crippen LogP contribution in [0.2, 0.25) is 0 Å². The summed E-state index contributed by atoms with van der Waals surface area (Å²) in [5.74, 6) is 0. The van der Waals surface area contributed by atoms with Gasteiger partial charge < -0.3 is 14.2 Å². The summed E-state index contributed by atoms with van der Waals surface area (Å²) in [6, 6.07) is 18.2. The van der Waals surface area contributed by atoms with Crippen LogP contribution in [0.1, 0.15) is 177 Å². The van der Waals surface area contributed by atoms with Crippen molar-refractivity contribution < 1.29 is 14.2 Å². The van der Waals surface area contributed by atoms with Gasteiger partial charge in [-0.2, -0.15) is 0 Å². The second-order valence-corrected chi connectivity index (χ2v) is 14.8. The molecule has 2 aliphatic heterocycles. The molecule has 2 fully saturated rings. The molecule has 0 amide bonds. The number of ether oxygens (including phenoxy) is 3. The second kappa shape index (κ2) is 24.9. The minimum atomic E-state index is -0.0608. The van der Waals surface area contributed by atoms with Crippen LogP contribution in [0.3, 0.4) is 0 Å². The van der Waals surface area contributed by atoms with Crippen LogP contribution >= 0.6 is 0 Å². The normalized spacial score (nSPS) is 18.4. The molecule has 0 bridgehead atoms. The molecule has 2 aliphatic rings. The molecular formula is C46H70O3. The Morgan fingerprint density at radius 1 is 0.531 bits per heavy atom. The Kier molecular flexibility index (Phi) is 20.1.